The molecule has 2 rings (SSSR count). The Morgan fingerprint density at radius 3 is 2.80 bits per heavy atom. The molecule has 1 saturated heterocycles. The molecule has 1 aliphatic heterocycles. The fourth-order valence-corrected chi connectivity index (χ4v) is 3.06. The summed E-state index contributed by atoms with van der Waals surface area (Å²) in [5, 5.41) is 7.17. The molecule has 0 radical (unpaired) electrons. The number of rotatable bonds is 4. The van der Waals surface area contributed by atoms with Crippen molar-refractivity contribution in [2.24, 2.45) is 11.3 Å². The molecule has 1 aliphatic carbocycles. The molecule has 0 spiro atoms. The molecule has 0 aromatic heterocycles. The summed E-state index contributed by atoms with van der Waals surface area (Å²) in [6.45, 7) is 8.51. The Hall–Kier alpha value is -0.0800. The van der Waals surface area contributed by atoms with Crippen LogP contribution in [0.3, 0.4) is 0 Å². The molecule has 2 nitrogen and oxygen atoms in total. The van der Waals surface area contributed by atoms with E-state index in [-0.39, 0.29) is 0 Å². The molecule has 2 N–H and O–H groups in total. The second-order valence-electron chi connectivity index (χ2n) is 6.21. The zero-order chi connectivity index (χ0) is 10.7. The first-order valence-corrected chi connectivity index (χ1v) is 6.60. The molecule has 15 heavy (non-hydrogen) atoms. The van der Waals surface area contributed by atoms with Crippen LogP contribution in [0, 0.1) is 11.3 Å². The van der Waals surface area contributed by atoms with Crippen LogP contribution in [-0.4, -0.2) is 25.7 Å². The fourth-order valence-electron chi connectivity index (χ4n) is 3.06. The van der Waals surface area contributed by atoms with E-state index in [0.717, 1.165) is 12.0 Å². The molecule has 0 bridgehead atoms. The molecular formula is C13H26N2. The van der Waals surface area contributed by atoms with Gasteiger partial charge in [0.1, 0.15) is 0 Å². The largest absolute Gasteiger partial charge is 0.316 e. The molecule has 2 heteroatoms. The SMILES string of the molecule is CC1(C)CCC(NCCC2CCNC2)C1. The van der Waals surface area contributed by atoms with Gasteiger partial charge in [-0.2, -0.15) is 0 Å². The minimum atomic E-state index is 0.590. The van der Waals surface area contributed by atoms with E-state index in [1.54, 1.807) is 0 Å². The first-order valence-electron chi connectivity index (χ1n) is 6.60. The van der Waals surface area contributed by atoms with Gasteiger partial charge in [0.25, 0.3) is 0 Å². The van der Waals surface area contributed by atoms with Gasteiger partial charge in [0.05, 0.1) is 0 Å². The van der Waals surface area contributed by atoms with Gasteiger partial charge in [-0.15, -0.1) is 0 Å². The maximum atomic E-state index is 3.74. The molecule has 88 valence electrons. The Morgan fingerprint density at radius 2 is 2.20 bits per heavy atom. The van der Waals surface area contributed by atoms with E-state index in [2.05, 4.69) is 24.5 Å². The Morgan fingerprint density at radius 1 is 1.33 bits per heavy atom. The zero-order valence-corrected chi connectivity index (χ0v) is 10.3. The van der Waals surface area contributed by atoms with Crippen molar-refractivity contribution in [2.75, 3.05) is 19.6 Å². The van der Waals surface area contributed by atoms with Crippen LogP contribution in [0.5, 0.6) is 0 Å². The average molecular weight is 210 g/mol. The molecule has 2 aliphatic rings. The minimum absolute atomic E-state index is 0.590. The summed E-state index contributed by atoms with van der Waals surface area (Å²) in [5.41, 5.74) is 0.590. The van der Waals surface area contributed by atoms with Crippen molar-refractivity contribution < 1.29 is 0 Å². The summed E-state index contributed by atoms with van der Waals surface area (Å²) in [7, 11) is 0. The standard InChI is InChI=1S/C13H26N2/c1-13(2)6-3-12(9-13)15-8-5-11-4-7-14-10-11/h11-12,14-15H,3-10H2,1-2H3. The average Bonchev–Trinajstić information content (AvgIpc) is 2.76. The van der Waals surface area contributed by atoms with E-state index in [1.807, 2.05) is 0 Å². The Bertz CT molecular complexity index is 195. The van der Waals surface area contributed by atoms with Crippen molar-refractivity contribution in [2.45, 2.75) is 52.0 Å². The third-order valence-electron chi connectivity index (χ3n) is 4.12. The molecule has 0 aromatic carbocycles. The maximum Gasteiger partial charge on any atom is 0.00723 e. The van der Waals surface area contributed by atoms with Crippen molar-refractivity contribution >= 4 is 0 Å². The lowest BCUT2D eigenvalue weighted by molar-refractivity contribution is 0.361. The Labute approximate surface area is 94.2 Å². The maximum absolute atomic E-state index is 3.74. The lowest BCUT2D eigenvalue weighted by atomic mass is 9.92. The molecule has 0 amide bonds. The predicted octanol–water partition coefficient (Wildman–Crippen LogP) is 2.15. The number of nitrogens with one attached hydrogen (secondary N) is 2. The molecule has 1 saturated carbocycles. The van der Waals surface area contributed by atoms with Crippen LogP contribution in [0.1, 0.15) is 46.0 Å². The molecule has 2 atom stereocenters. The Balaban J connectivity index is 1.58. The van der Waals surface area contributed by atoms with Gasteiger partial charge in [-0.3, -0.25) is 0 Å². The van der Waals surface area contributed by atoms with E-state index < -0.39 is 0 Å². The molecule has 2 unspecified atom stereocenters. The minimum Gasteiger partial charge on any atom is -0.316 e. The van der Waals surface area contributed by atoms with Gasteiger partial charge in [0, 0.05) is 6.04 Å². The van der Waals surface area contributed by atoms with Crippen molar-refractivity contribution in [3.05, 3.63) is 0 Å². The van der Waals surface area contributed by atoms with E-state index >= 15 is 0 Å². The quantitative estimate of drug-likeness (QED) is 0.743. The second-order valence-corrected chi connectivity index (χ2v) is 6.21. The van der Waals surface area contributed by atoms with Crippen molar-refractivity contribution in [3.63, 3.8) is 0 Å². The van der Waals surface area contributed by atoms with Gasteiger partial charge < -0.3 is 10.6 Å². The first kappa shape index (κ1) is 11.4. The van der Waals surface area contributed by atoms with E-state index in [9.17, 15) is 0 Å². The summed E-state index contributed by atoms with van der Waals surface area (Å²) in [6, 6.07) is 0.800. The topological polar surface area (TPSA) is 24.1 Å². The van der Waals surface area contributed by atoms with Crippen LogP contribution in [0.25, 0.3) is 0 Å². The highest BCUT2D eigenvalue weighted by Gasteiger charge is 2.30. The third kappa shape index (κ3) is 3.46. The van der Waals surface area contributed by atoms with Crippen molar-refractivity contribution in [3.8, 4) is 0 Å². The lowest BCUT2D eigenvalue weighted by Crippen LogP contribution is -2.29. The summed E-state index contributed by atoms with van der Waals surface area (Å²) in [6.07, 6.45) is 6.91. The van der Waals surface area contributed by atoms with Crippen LogP contribution in [-0.2, 0) is 0 Å². The summed E-state index contributed by atoms with van der Waals surface area (Å²) in [5.74, 6) is 0.937. The van der Waals surface area contributed by atoms with E-state index in [1.165, 1.54) is 51.7 Å². The second kappa shape index (κ2) is 4.84. The molecule has 0 aromatic rings. The Kier molecular flexibility index (Phi) is 3.68. The fraction of sp³-hybridized carbons (Fsp3) is 1.00. The van der Waals surface area contributed by atoms with Gasteiger partial charge >= 0.3 is 0 Å². The summed E-state index contributed by atoms with van der Waals surface area (Å²) < 4.78 is 0. The monoisotopic (exact) mass is 210 g/mol. The van der Waals surface area contributed by atoms with Gasteiger partial charge in [-0.05, 0) is 63.1 Å². The van der Waals surface area contributed by atoms with Gasteiger partial charge in [0.2, 0.25) is 0 Å². The van der Waals surface area contributed by atoms with E-state index in [4.69, 9.17) is 0 Å². The molecule has 2 fully saturated rings. The molecular weight excluding hydrogens is 184 g/mol. The van der Waals surface area contributed by atoms with Gasteiger partial charge in [-0.1, -0.05) is 13.8 Å². The highest BCUT2D eigenvalue weighted by molar-refractivity contribution is 4.86. The van der Waals surface area contributed by atoms with Crippen LogP contribution in [0.15, 0.2) is 0 Å². The van der Waals surface area contributed by atoms with Gasteiger partial charge in [-0.25, -0.2) is 0 Å². The summed E-state index contributed by atoms with van der Waals surface area (Å²) in [4.78, 5) is 0. The lowest BCUT2D eigenvalue weighted by Gasteiger charge is -2.18. The van der Waals surface area contributed by atoms with Crippen LogP contribution >= 0.6 is 0 Å². The first-order chi connectivity index (χ1) is 7.16. The van der Waals surface area contributed by atoms with Crippen molar-refractivity contribution in [1.82, 2.24) is 10.6 Å². The van der Waals surface area contributed by atoms with Crippen LogP contribution in [0.2, 0.25) is 0 Å². The van der Waals surface area contributed by atoms with Crippen LogP contribution < -0.4 is 10.6 Å². The zero-order valence-electron chi connectivity index (χ0n) is 10.3. The smallest absolute Gasteiger partial charge is 0.00723 e. The normalized spacial score (nSPS) is 34.8. The number of hydrogen-bond donors (Lipinski definition) is 2. The third-order valence-corrected chi connectivity index (χ3v) is 4.12. The molecule has 1 heterocycles. The van der Waals surface area contributed by atoms with Crippen LogP contribution in [0.4, 0.5) is 0 Å². The number of hydrogen-bond acceptors (Lipinski definition) is 2. The van der Waals surface area contributed by atoms with Crippen molar-refractivity contribution in [1.29, 1.82) is 0 Å². The van der Waals surface area contributed by atoms with Gasteiger partial charge in [0.15, 0.2) is 0 Å². The predicted molar refractivity (Wildman–Crippen MR) is 65.0 cm³/mol. The highest BCUT2D eigenvalue weighted by atomic mass is 14.9. The summed E-state index contributed by atoms with van der Waals surface area (Å²) >= 11 is 0. The highest BCUT2D eigenvalue weighted by Crippen LogP contribution is 2.36. The van der Waals surface area contributed by atoms with E-state index in [0.29, 0.717) is 5.41 Å².